The zero-order chi connectivity index (χ0) is 35.3. The monoisotopic (exact) mass is 695 g/mol. The minimum Gasteiger partial charge on any atom is -0.480 e. The Bertz CT molecular complexity index is 1890. The summed E-state index contributed by atoms with van der Waals surface area (Å²) in [4.78, 5) is 50.8. The summed E-state index contributed by atoms with van der Waals surface area (Å²) in [6.07, 6.45) is -1.70. The fourth-order valence-corrected chi connectivity index (χ4v) is 7.44. The molecule has 12 heteroatoms. The number of carboxylic acid groups (broad SMARTS) is 1. The van der Waals surface area contributed by atoms with Crippen molar-refractivity contribution in [1.29, 1.82) is 0 Å². The van der Waals surface area contributed by atoms with E-state index < -0.39 is 49.2 Å². The number of hydrogen-bond donors (Lipinski definition) is 4. The molecule has 2 amide bonds. The van der Waals surface area contributed by atoms with Crippen LogP contribution in [0, 0.1) is 5.92 Å². The van der Waals surface area contributed by atoms with Crippen molar-refractivity contribution in [3.05, 3.63) is 150 Å². The average Bonchev–Trinajstić information content (AvgIpc) is 3.60. The Labute approximate surface area is 289 Å². The van der Waals surface area contributed by atoms with E-state index in [-0.39, 0.29) is 31.6 Å². The van der Waals surface area contributed by atoms with Crippen molar-refractivity contribution in [2.45, 2.75) is 37.7 Å². The predicted molar refractivity (Wildman–Crippen MR) is 187 cm³/mol. The first-order valence-corrected chi connectivity index (χ1v) is 18.0. The van der Waals surface area contributed by atoms with E-state index >= 15 is 0 Å². The molecule has 50 heavy (non-hydrogen) atoms. The quantitative estimate of drug-likeness (QED) is 0.0895. The highest BCUT2D eigenvalue weighted by molar-refractivity contribution is 7.58. The Hall–Kier alpha value is -5.51. The van der Waals surface area contributed by atoms with Crippen molar-refractivity contribution >= 4 is 25.3 Å². The molecule has 1 heterocycles. The second-order valence-corrected chi connectivity index (χ2v) is 14.4. The number of amides is 2. The van der Waals surface area contributed by atoms with Gasteiger partial charge in [-0.1, -0.05) is 126 Å². The van der Waals surface area contributed by atoms with Gasteiger partial charge in [0, 0.05) is 37.1 Å². The highest BCUT2D eigenvalue weighted by Gasteiger charge is 2.39. The van der Waals surface area contributed by atoms with E-state index in [2.05, 4.69) is 15.8 Å². The zero-order valence-electron chi connectivity index (χ0n) is 27.1. The van der Waals surface area contributed by atoms with E-state index in [0.29, 0.717) is 16.8 Å². The predicted octanol–water partition coefficient (Wildman–Crippen LogP) is 6.08. The van der Waals surface area contributed by atoms with Crippen LogP contribution in [0.25, 0.3) is 11.3 Å². The smallest absolute Gasteiger partial charge is 0.408 e. The lowest BCUT2D eigenvalue weighted by Crippen LogP contribution is -2.46. The van der Waals surface area contributed by atoms with Gasteiger partial charge < -0.3 is 29.9 Å². The SMILES string of the molecule is O=C(N[C@@H](Cc1ccccc1)P(=O)(O)CC(Cc1cc(-c2ccccc2)no1)C(=O)NC(Cc1ccccc1)C(=O)O)OCc1ccccc1. The van der Waals surface area contributed by atoms with Gasteiger partial charge in [0.15, 0.2) is 0 Å². The maximum atomic E-state index is 14.3. The fourth-order valence-electron chi connectivity index (χ4n) is 5.45. The Kier molecular flexibility index (Phi) is 12.3. The number of benzene rings is 4. The fraction of sp³-hybridized carbons (Fsp3) is 0.211. The largest absolute Gasteiger partial charge is 0.480 e. The number of carboxylic acids is 1. The molecule has 258 valence electrons. The molecule has 0 bridgehead atoms. The topological polar surface area (TPSA) is 168 Å². The van der Waals surface area contributed by atoms with Crippen LogP contribution in [0.5, 0.6) is 0 Å². The van der Waals surface area contributed by atoms with Gasteiger partial charge in [-0.25, -0.2) is 9.59 Å². The van der Waals surface area contributed by atoms with Crippen molar-refractivity contribution < 1.29 is 38.2 Å². The lowest BCUT2D eigenvalue weighted by Gasteiger charge is -2.27. The van der Waals surface area contributed by atoms with Crippen molar-refractivity contribution in [3.63, 3.8) is 0 Å². The second-order valence-electron chi connectivity index (χ2n) is 11.9. The maximum absolute atomic E-state index is 14.3. The molecule has 0 fully saturated rings. The number of nitrogens with zero attached hydrogens (tertiary/aromatic N) is 1. The summed E-state index contributed by atoms with van der Waals surface area (Å²) in [6.45, 7) is -0.0568. The molecule has 0 aliphatic carbocycles. The summed E-state index contributed by atoms with van der Waals surface area (Å²) in [5, 5.41) is 19.2. The first-order valence-electron chi connectivity index (χ1n) is 16.1. The van der Waals surface area contributed by atoms with Gasteiger partial charge in [-0.05, 0) is 16.7 Å². The molecular formula is C38H38N3O8P. The summed E-state index contributed by atoms with van der Waals surface area (Å²) in [5.41, 5.74) is 3.37. The number of aliphatic carboxylic acids is 1. The van der Waals surface area contributed by atoms with E-state index in [9.17, 15) is 28.9 Å². The number of aromatic nitrogens is 1. The van der Waals surface area contributed by atoms with Crippen LogP contribution in [-0.2, 0) is 44.8 Å². The third-order valence-corrected chi connectivity index (χ3v) is 10.3. The van der Waals surface area contributed by atoms with Crippen molar-refractivity contribution in [2.24, 2.45) is 5.92 Å². The van der Waals surface area contributed by atoms with Gasteiger partial charge in [-0.2, -0.15) is 0 Å². The van der Waals surface area contributed by atoms with Gasteiger partial charge in [0.25, 0.3) is 0 Å². The zero-order valence-corrected chi connectivity index (χ0v) is 28.0. The maximum Gasteiger partial charge on any atom is 0.408 e. The normalized spacial score (nSPS) is 14.0. The van der Waals surface area contributed by atoms with Crippen molar-refractivity contribution in [2.75, 3.05) is 6.16 Å². The first-order chi connectivity index (χ1) is 24.2. The van der Waals surface area contributed by atoms with Gasteiger partial charge in [0.2, 0.25) is 13.3 Å². The number of alkyl carbamates (subject to hydrolysis) is 1. The minimum atomic E-state index is -4.43. The summed E-state index contributed by atoms with van der Waals surface area (Å²) in [5.74, 6) is -4.33. The van der Waals surface area contributed by atoms with Gasteiger partial charge >= 0.3 is 12.1 Å². The van der Waals surface area contributed by atoms with Crippen LogP contribution in [0.3, 0.4) is 0 Å². The average molecular weight is 696 g/mol. The van der Waals surface area contributed by atoms with Crippen LogP contribution < -0.4 is 10.6 Å². The molecule has 5 aromatic rings. The first kappa shape index (κ1) is 35.8. The van der Waals surface area contributed by atoms with Crippen LogP contribution in [-0.4, -0.2) is 51.1 Å². The molecule has 4 aromatic carbocycles. The standard InChI is InChI=1S/C38H38N3O8P/c42-36(39-34(37(43)44)21-27-13-5-1-6-14-27)31(23-32-24-33(41-49-32)30-19-11-4-12-20-30)26-50(46,47)35(22-28-15-7-2-8-16-28)40-38(45)48-25-29-17-9-3-10-18-29/h1-20,24,31,34-35H,21-23,25-26H2,(H,39,42)(H,40,45)(H,43,44)(H,46,47)/t31?,34?,35-/m1/s1. The van der Waals surface area contributed by atoms with Gasteiger partial charge in [-0.3, -0.25) is 9.36 Å². The summed E-state index contributed by atoms with van der Waals surface area (Å²) in [6, 6.07) is 36.2. The third kappa shape index (κ3) is 10.5. The number of rotatable bonds is 16. The number of carbonyl (C=O) groups excluding carboxylic acids is 2. The number of ether oxygens (including phenoxy) is 1. The molecule has 0 radical (unpaired) electrons. The van der Waals surface area contributed by atoms with E-state index in [1.54, 1.807) is 91.0 Å². The van der Waals surface area contributed by atoms with Crippen molar-refractivity contribution in [3.8, 4) is 11.3 Å². The van der Waals surface area contributed by atoms with Crippen LogP contribution in [0.1, 0.15) is 22.5 Å². The van der Waals surface area contributed by atoms with Crippen molar-refractivity contribution in [1.82, 2.24) is 15.8 Å². The molecule has 4 atom stereocenters. The van der Waals surface area contributed by atoms with Crippen LogP contribution in [0.2, 0.25) is 0 Å². The van der Waals surface area contributed by atoms with Crippen LogP contribution in [0.4, 0.5) is 4.79 Å². The lowest BCUT2D eigenvalue weighted by atomic mass is 10.0. The molecule has 4 N–H and O–H groups in total. The van der Waals surface area contributed by atoms with E-state index in [4.69, 9.17) is 9.26 Å². The van der Waals surface area contributed by atoms with Crippen LogP contribution in [0.15, 0.2) is 132 Å². The highest BCUT2D eigenvalue weighted by atomic mass is 31.2. The minimum absolute atomic E-state index is 0.00265. The summed E-state index contributed by atoms with van der Waals surface area (Å²) >= 11 is 0. The van der Waals surface area contributed by atoms with E-state index in [1.807, 2.05) is 36.4 Å². The van der Waals surface area contributed by atoms with Gasteiger partial charge in [-0.15, -0.1) is 0 Å². The Balaban J connectivity index is 1.40. The highest BCUT2D eigenvalue weighted by Crippen LogP contribution is 2.48. The van der Waals surface area contributed by atoms with Crippen LogP contribution >= 0.6 is 7.37 Å². The van der Waals surface area contributed by atoms with E-state index in [1.165, 1.54) is 0 Å². The number of hydrogen-bond acceptors (Lipinski definition) is 7. The molecule has 1 aromatic heterocycles. The summed E-state index contributed by atoms with van der Waals surface area (Å²) in [7, 11) is -4.43. The molecule has 3 unspecified atom stereocenters. The van der Waals surface area contributed by atoms with Gasteiger partial charge in [0.1, 0.15) is 29.9 Å². The molecule has 0 spiro atoms. The molecule has 0 saturated carbocycles. The Morgan fingerprint density at radius 1 is 0.740 bits per heavy atom. The third-order valence-electron chi connectivity index (χ3n) is 8.08. The molecular weight excluding hydrogens is 657 g/mol. The number of nitrogens with one attached hydrogen (secondary N) is 2. The summed E-state index contributed by atoms with van der Waals surface area (Å²) < 4.78 is 25.2. The Morgan fingerprint density at radius 3 is 1.86 bits per heavy atom. The molecule has 0 aliphatic heterocycles. The molecule has 5 rings (SSSR count). The second kappa shape index (κ2) is 17.2. The van der Waals surface area contributed by atoms with E-state index in [0.717, 1.165) is 11.1 Å². The molecule has 11 nitrogen and oxygen atoms in total. The number of carbonyl (C=O) groups is 3. The molecule has 0 saturated heterocycles. The van der Waals surface area contributed by atoms with Gasteiger partial charge in [0.05, 0.1) is 5.92 Å². The Morgan fingerprint density at radius 2 is 1.28 bits per heavy atom. The molecule has 0 aliphatic rings. The lowest BCUT2D eigenvalue weighted by molar-refractivity contribution is -0.142.